The van der Waals surface area contributed by atoms with Crippen molar-refractivity contribution in [3.63, 3.8) is 0 Å². The fraction of sp³-hybridized carbons (Fsp3) is 0.364. The first kappa shape index (κ1) is 12.8. The van der Waals surface area contributed by atoms with Crippen LogP contribution in [0.4, 0.5) is 0 Å². The lowest BCUT2D eigenvalue weighted by Crippen LogP contribution is -2.30. The SMILES string of the molecule is CNCCC(Oc1cccc(Cl)c1)C(=O)O. The highest BCUT2D eigenvalue weighted by Gasteiger charge is 2.18. The monoisotopic (exact) mass is 243 g/mol. The molecular formula is C11H14ClNO3. The summed E-state index contributed by atoms with van der Waals surface area (Å²) in [5, 5.41) is 12.3. The van der Waals surface area contributed by atoms with E-state index in [-0.39, 0.29) is 0 Å². The molecule has 1 aromatic rings. The Hall–Kier alpha value is -1.26. The molecule has 1 rings (SSSR count). The zero-order valence-electron chi connectivity index (χ0n) is 8.94. The number of nitrogens with one attached hydrogen (secondary N) is 1. The molecule has 0 aromatic heterocycles. The van der Waals surface area contributed by atoms with E-state index in [1.54, 1.807) is 31.3 Å². The van der Waals surface area contributed by atoms with Gasteiger partial charge in [0.2, 0.25) is 0 Å². The van der Waals surface area contributed by atoms with Crippen LogP contribution in [0.1, 0.15) is 6.42 Å². The van der Waals surface area contributed by atoms with Crippen LogP contribution in [-0.2, 0) is 4.79 Å². The third-order valence-electron chi connectivity index (χ3n) is 2.01. The summed E-state index contributed by atoms with van der Waals surface area (Å²) in [6.45, 7) is 0.581. The summed E-state index contributed by atoms with van der Waals surface area (Å²) in [5.74, 6) is -0.508. The van der Waals surface area contributed by atoms with Crippen molar-refractivity contribution >= 4 is 17.6 Å². The summed E-state index contributed by atoms with van der Waals surface area (Å²) < 4.78 is 5.33. The molecule has 4 nitrogen and oxygen atoms in total. The number of rotatable bonds is 6. The Bertz CT molecular complexity index is 357. The van der Waals surface area contributed by atoms with Crippen molar-refractivity contribution < 1.29 is 14.6 Å². The lowest BCUT2D eigenvalue weighted by atomic mass is 10.2. The van der Waals surface area contributed by atoms with Crippen molar-refractivity contribution in [2.75, 3.05) is 13.6 Å². The molecule has 16 heavy (non-hydrogen) atoms. The summed E-state index contributed by atoms with van der Waals surface area (Å²) in [6.07, 6.45) is -0.454. The molecule has 0 aliphatic carbocycles. The third-order valence-corrected chi connectivity index (χ3v) is 2.24. The number of hydrogen-bond acceptors (Lipinski definition) is 3. The fourth-order valence-corrected chi connectivity index (χ4v) is 1.39. The smallest absolute Gasteiger partial charge is 0.344 e. The number of aliphatic carboxylic acids is 1. The second-order valence-corrected chi connectivity index (χ2v) is 3.73. The number of carbonyl (C=O) groups is 1. The van der Waals surface area contributed by atoms with Gasteiger partial charge in [0.05, 0.1) is 0 Å². The van der Waals surface area contributed by atoms with Gasteiger partial charge >= 0.3 is 5.97 Å². The van der Waals surface area contributed by atoms with Gasteiger partial charge in [-0.1, -0.05) is 17.7 Å². The number of carboxylic acid groups (broad SMARTS) is 1. The second kappa shape index (κ2) is 6.35. The van der Waals surface area contributed by atoms with Crippen LogP contribution in [0.5, 0.6) is 5.75 Å². The highest BCUT2D eigenvalue weighted by molar-refractivity contribution is 6.30. The quantitative estimate of drug-likeness (QED) is 0.800. The van der Waals surface area contributed by atoms with E-state index in [9.17, 15) is 4.79 Å². The normalized spacial score (nSPS) is 12.1. The molecule has 0 spiro atoms. The van der Waals surface area contributed by atoms with Crippen molar-refractivity contribution in [1.82, 2.24) is 5.32 Å². The molecule has 1 unspecified atom stereocenters. The number of hydrogen-bond donors (Lipinski definition) is 2. The lowest BCUT2D eigenvalue weighted by molar-refractivity contribution is -0.145. The molecule has 0 heterocycles. The van der Waals surface area contributed by atoms with Gasteiger partial charge in [-0.25, -0.2) is 4.79 Å². The Kier molecular flexibility index (Phi) is 5.08. The van der Waals surface area contributed by atoms with Crippen LogP contribution in [0.3, 0.4) is 0 Å². The van der Waals surface area contributed by atoms with Crippen LogP contribution >= 0.6 is 11.6 Å². The summed E-state index contributed by atoms with van der Waals surface area (Å²) >= 11 is 5.77. The Morgan fingerprint density at radius 1 is 1.62 bits per heavy atom. The molecule has 1 atom stereocenters. The summed E-state index contributed by atoms with van der Waals surface area (Å²) in [5.41, 5.74) is 0. The average Bonchev–Trinajstić information content (AvgIpc) is 2.24. The standard InChI is InChI=1S/C11H14ClNO3/c1-13-6-5-10(11(14)15)16-9-4-2-3-8(12)7-9/h2-4,7,10,13H,5-6H2,1H3,(H,14,15). The maximum absolute atomic E-state index is 10.9. The van der Waals surface area contributed by atoms with Crippen LogP contribution in [0.25, 0.3) is 0 Å². The maximum Gasteiger partial charge on any atom is 0.344 e. The largest absolute Gasteiger partial charge is 0.479 e. The lowest BCUT2D eigenvalue weighted by Gasteiger charge is -2.14. The van der Waals surface area contributed by atoms with Gasteiger partial charge in [0.25, 0.3) is 0 Å². The minimum atomic E-state index is -0.977. The van der Waals surface area contributed by atoms with E-state index in [0.29, 0.717) is 23.7 Å². The highest BCUT2D eigenvalue weighted by Crippen LogP contribution is 2.19. The fourth-order valence-electron chi connectivity index (χ4n) is 1.21. The number of halogens is 1. The van der Waals surface area contributed by atoms with Gasteiger partial charge in [-0.3, -0.25) is 0 Å². The van der Waals surface area contributed by atoms with E-state index in [1.807, 2.05) is 0 Å². The van der Waals surface area contributed by atoms with E-state index in [1.165, 1.54) is 0 Å². The summed E-state index contributed by atoms with van der Waals surface area (Å²) in [7, 11) is 1.76. The zero-order valence-corrected chi connectivity index (χ0v) is 9.70. The van der Waals surface area contributed by atoms with Gasteiger partial charge in [-0.05, 0) is 31.8 Å². The molecule has 1 aromatic carbocycles. The van der Waals surface area contributed by atoms with Gasteiger partial charge in [-0.2, -0.15) is 0 Å². The molecule has 0 saturated heterocycles. The van der Waals surface area contributed by atoms with Gasteiger partial charge in [-0.15, -0.1) is 0 Å². The van der Waals surface area contributed by atoms with Crippen LogP contribution in [0.15, 0.2) is 24.3 Å². The molecule has 0 amide bonds. The Balaban J connectivity index is 2.64. The first-order valence-electron chi connectivity index (χ1n) is 4.93. The van der Waals surface area contributed by atoms with Crippen molar-refractivity contribution in [2.45, 2.75) is 12.5 Å². The van der Waals surface area contributed by atoms with E-state index in [2.05, 4.69) is 5.32 Å². The van der Waals surface area contributed by atoms with Gasteiger partial charge in [0, 0.05) is 11.4 Å². The molecule has 0 aliphatic rings. The Labute approximate surface area is 99.2 Å². The minimum Gasteiger partial charge on any atom is -0.479 e. The van der Waals surface area contributed by atoms with Crippen molar-refractivity contribution in [3.05, 3.63) is 29.3 Å². The molecule has 5 heteroatoms. The first-order chi connectivity index (χ1) is 7.63. The average molecular weight is 244 g/mol. The predicted molar refractivity (Wildman–Crippen MR) is 62.0 cm³/mol. The van der Waals surface area contributed by atoms with E-state index in [0.717, 1.165) is 0 Å². The van der Waals surface area contributed by atoms with Crippen molar-refractivity contribution in [3.8, 4) is 5.75 Å². The molecule has 0 aliphatic heterocycles. The summed E-state index contributed by atoms with van der Waals surface area (Å²) in [4.78, 5) is 10.9. The molecule has 2 N–H and O–H groups in total. The van der Waals surface area contributed by atoms with E-state index < -0.39 is 12.1 Å². The first-order valence-corrected chi connectivity index (χ1v) is 5.31. The van der Waals surface area contributed by atoms with Crippen LogP contribution < -0.4 is 10.1 Å². The predicted octanol–water partition coefficient (Wildman–Crippen LogP) is 1.78. The van der Waals surface area contributed by atoms with E-state index in [4.69, 9.17) is 21.4 Å². The van der Waals surface area contributed by atoms with Crippen LogP contribution in [-0.4, -0.2) is 30.8 Å². The Morgan fingerprint density at radius 3 is 2.94 bits per heavy atom. The third kappa shape index (κ3) is 4.08. The number of carboxylic acids is 1. The van der Waals surface area contributed by atoms with Gasteiger partial charge in [0.15, 0.2) is 6.10 Å². The molecular weight excluding hydrogens is 230 g/mol. The van der Waals surface area contributed by atoms with Crippen molar-refractivity contribution in [2.24, 2.45) is 0 Å². The molecule has 0 radical (unpaired) electrons. The second-order valence-electron chi connectivity index (χ2n) is 3.29. The topological polar surface area (TPSA) is 58.6 Å². The Morgan fingerprint density at radius 2 is 2.38 bits per heavy atom. The maximum atomic E-state index is 10.9. The van der Waals surface area contributed by atoms with Crippen LogP contribution in [0.2, 0.25) is 5.02 Å². The summed E-state index contributed by atoms with van der Waals surface area (Å²) in [6, 6.07) is 6.70. The van der Waals surface area contributed by atoms with Gasteiger partial charge in [0.1, 0.15) is 5.75 Å². The van der Waals surface area contributed by atoms with E-state index >= 15 is 0 Å². The number of benzene rings is 1. The van der Waals surface area contributed by atoms with Gasteiger partial charge < -0.3 is 15.2 Å². The van der Waals surface area contributed by atoms with Crippen molar-refractivity contribution in [1.29, 1.82) is 0 Å². The zero-order chi connectivity index (χ0) is 12.0. The minimum absolute atomic E-state index is 0.401. The molecule has 88 valence electrons. The molecule has 0 bridgehead atoms. The number of ether oxygens (including phenoxy) is 1. The molecule has 0 saturated carbocycles. The van der Waals surface area contributed by atoms with Crippen LogP contribution in [0, 0.1) is 0 Å². The molecule has 0 fully saturated rings. The highest BCUT2D eigenvalue weighted by atomic mass is 35.5.